The first-order valence-corrected chi connectivity index (χ1v) is 7.17. The molecule has 2 aliphatic carbocycles. The van der Waals surface area contributed by atoms with Gasteiger partial charge in [-0.05, 0) is 62.7 Å². The molecule has 0 aromatic carbocycles. The van der Waals surface area contributed by atoms with Crippen molar-refractivity contribution in [3.8, 4) is 0 Å². The Morgan fingerprint density at radius 2 is 1.44 bits per heavy atom. The Balaban J connectivity index is 1.81. The number of allylic oxidation sites excluding steroid dienone is 1. The lowest BCUT2D eigenvalue weighted by molar-refractivity contribution is 0.205. The van der Waals surface area contributed by atoms with E-state index in [-0.39, 0.29) is 0 Å². The molecule has 1 heteroatoms. The first kappa shape index (κ1) is 12.2. The van der Waals surface area contributed by atoms with E-state index in [0.29, 0.717) is 6.04 Å². The van der Waals surface area contributed by atoms with Crippen LogP contribution in [0.5, 0.6) is 0 Å². The Morgan fingerprint density at radius 1 is 0.812 bits per heavy atom. The summed E-state index contributed by atoms with van der Waals surface area (Å²) in [5, 5.41) is 0. The van der Waals surface area contributed by atoms with Crippen molar-refractivity contribution in [3.05, 3.63) is 12.7 Å². The van der Waals surface area contributed by atoms with E-state index in [0.717, 1.165) is 17.8 Å². The lowest BCUT2D eigenvalue weighted by Crippen LogP contribution is -2.22. The van der Waals surface area contributed by atoms with Gasteiger partial charge in [-0.2, -0.15) is 0 Å². The Kier molecular flexibility index (Phi) is 4.45. The van der Waals surface area contributed by atoms with E-state index in [9.17, 15) is 0 Å². The molecule has 2 aliphatic rings. The van der Waals surface area contributed by atoms with Crippen molar-refractivity contribution in [1.82, 2.24) is 0 Å². The van der Waals surface area contributed by atoms with Gasteiger partial charge in [0.15, 0.2) is 0 Å². The van der Waals surface area contributed by atoms with Crippen molar-refractivity contribution in [2.75, 3.05) is 0 Å². The topological polar surface area (TPSA) is 26.0 Å². The van der Waals surface area contributed by atoms with Gasteiger partial charge in [0.05, 0.1) is 0 Å². The summed E-state index contributed by atoms with van der Waals surface area (Å²) in [5.74, 6) is 2.80. The lowest BCUT2D eigenvalue weighted by Gasteiger charge is -2.32. The van der Waals surface area contributed by atoms with Crippen LogP contribution in [0.1, 0.15) is 57.8 Å². The number of hydrogen-bond donors (Lipinski definition) is 1. The highest BCUT2D eigenvalue weighted by Gasteiger charge is 2.27. The molecule has 2 unspecified atom stereocenters. The molecule has 0 aliphatic heterocycles. The van der Waals surface area contributed by atoms with Crippen LogP contribution < -0.4 is 5.73 Å². The normalized spacial score (nSPS) is 41.3. The van der Waals surface area contributed by atoms with Crippen LogP contribution in [-0.4, -0.2) is 6.04 Å². The van der Waals surface area contributed by atoms with E-state index in [1.54, 1.807) is 0 Å². The number of nitrogens with two attached hydrogens (primary N) is 1. The van der Waals surface area contributed by atoms with Crippen LogP contribution >= 0.6 is 0 Å². The summed E-state index contributed by atoms with van der Waals surface area (Å²) in [6, 6.07) is 0.495. The molecular weight excluding hydrogens is 194 g/mol. The fraction of sp³-hybridized carbons (Fsp3) is 0.867. The first-order chi connectivity index (χ1) is 7.79. The van der Waals surface area contributed by atoms with Crippen LogP contribution in [0.3, 0.4) is 0 Å². The van der Waals surface area contributed by atoms with E-state index >= 15 is 0 Å². The quantitative estimate of drug-likeness (QED) is 0.555. The Labute approximate surface area is 100 Å². The SMILES string of the molecule is C=CC1CCC(C2CCCC(N)CC2)CC1. The molecule has 1 nitrogen and oxygen atoms in total. The van der Waals surface area contributed by atoms with Crippen molar-refractivity contribution in [3.63, 3.8) is 0 Å². The molecule has 2 rings (SSSR count). The number of rotatable bonds is 2. The van der Waals surface area contributed by atoms with Gasteiger partial charge in [0, 0.05) is 6.04 Å². The second kappa shape index (κ2) is 5.86. The maximum atomic E-state index is 6.06. The van der Waals surface area contributed by atoms with Gasteiger partial charge in [-0.3, -0.25) is 0 Å². The predicted molar refractivity (Wildman–Crippen MR) is 70.2 cm³/mol. The van der Waals surface area contributed by atoms with Crippen LogP contribution in [0.25, 0.3) is 0 Å². The van der Waals surface area contributed by atoms with Gasteiger partial charge in [-0.1, -0.05) is 18.9 Å². The van der Waals surface area contributed by atoms with E-state index in [2.05, 4.69) is 12.7 Å². The zero-order valence-electron chi connectivity index (χ0n) is 10.5. The summed E-state index contributed by atoms with van der Waals surface area (Å²) in [5.41, 5.74) is 6.06. The zero-order valence-corrected chi connectivity index (χ0v) is 10.5. The summed E-state index contributed by atoms with van der Waals surface area (Å²) < 4.78 is 0. The summed E-state index contributed by atoms with van der Waals surface area (Å²) in [6.07, 6.45) is 14.6. The lowest BCUT2D eigenvalue weighted by atomic mass is 9.73. The molecule has 0 heterocycles. The molecule has 0 radical (unpaired) electrons. The molecule has 0 amide bonds. The van der Waals surface area contributed by atoms with Gasteiger partial charge in [0.25, 0.3) is 0 Å². The van der Waals surface area contributed by atoms with Crippen molar-refractivity contribution < 1.29 is 0 Å². The molecular formula is C15H27N. The zero-order chi connectivity index (χ0) is 11.4. The van der Waals surface area contributed by atoms with Gasteiger partial charge < -0.3 is 5.73 Å². The summed E-state index contributed by atoms with van der Waals surface area (Å²) in [7, 11) is 0. The third kappa shape index (κ3) is 3.10. The maximum Gasteiger partial charge on any atom is 0.00389 e. The maximum absolute atomic E-state index is 6.06. The molecule has 0 saturated heterocycles. The molecule has 2 atom stereocenters. The second-order valence-corrected chi connectivity index (χ2v) is 5.94. The summed E-state index contributed by atoms with van der Waals surface area (Å²) in [4.78, 5) is 0. The van der Waals surface area contributed by atoms with Crippen LogP contribution in [0.15, 0.2) is 12.7 Å². The Hall–Kier alpha value is -0.300. The third-order valence-electron chi connectivity index (χ3n) is 4.87. The fourth-order valence-electron chi connectivity index (χ4n) is 3.68. The fourth-order valence-corrected chi connectivity index (χ4v) is 3.68. The highest BCUT2D eigenvalue weighted by atomic mass is 14.6. The van der Waals surface area contributed by atoms with E-state index in [4.69, 9.17) is 5.73 Å². The van der Waals surface area contributed by atoms with E-state index in [1.807, 2.05) is 0 Å². The van der Waals surface area contributed by atoms with E-state index in [1.165, 1.54) is 57.8 Å². The summed E-state index contributed by atoms with van der Waals surface area (Å²) in [6.45, 7) is 3.93. The molecule has 92 valence electrons. The smallest absolute Gasteiger partial charge is 0.00389 e. The Bertz CT molecular complexity index is 215. The van der Waals surface area contributed by atoms with Gasteiger partial charge in [0.1, 0.15) is 0 Å². The minimum absolute atomic E-state index is 0.495. The average molecular weight is 221 g/mol. The van der Waals surface area contributed by atoms with Gasteiger partial charge in [-0.25, -0.2) is 0 Å². The number of hydrogen-bond acceptors (Lipinski definition) is 1. The first-order valence-electron chi connectivity index (χ1n) is 7.17. The van der Waals surface area contributed by atoms with Gasteiger partial charge in [-0.15, -0.1) is 6.58 Å². The van der Waals surface area contributed by atoms with Crippen molar-refractivity contribution in [2.45, 2.75) is 63.8 Å². The molecule has 0 aromatic rings. The van der Waals surface area contributed by atoms with Crippen LogP contribution in [-0.2, 0) is 0 Å². The summed E-state index contributed by atoms with van der Waals surface area (Å²) >= 11 is 0. The molecule has 2 N–H and O–H groups in total. The van der Waals surface area contributed by atoms with Crippen molar-refractivity contribution in [2.24, 2.45) is 23.5 Å². The van der Waals surface area contributed by atoms with Crippen LogP contribution in [0.4, 0.5) is 0 Å². The minimum atomic E-state index is 0.495. The van der Waals surface area contributed by atoms with Gasteiger partial charge in [0.2, 0.25) is 0 Å². The highest BCUT2D eigenvalue weighted by Crippen LogP contribution is 2.39. The minimum Gasteiger partial charge on any atom is -0.328 e. The highest BCUT2D eigenvalue weighted by molar-refractivity contribution is 4.87. The molecule has 0 spiro atoms. The predicted octanol–water partition coefficient (Wildman–Crippen LogP) is 3.89. The Morgan fingerprint density at radius 3 is 2.12 bits per heavy atom. The molecule has 0 bridgehead atoms. The molecule has 16 heavy (non-hydrogen) atoms. The molecule has 2 saturated carbocycles. The standard InChI is InChI=1S/C15H27N/c1-2-12-6-8-14(9-7-12)13-4-3-5-15(16)11-10-13/h2,12-15H,1,3-11,16H2. The molecule has 0 aromatic heterocycles. The average Bonchev–Trinajstić information content (AvgIpc) is 2.54. The van der Waals surface area contributed by atoms with Crippen LogP contribution in [0, 0.1) is 17.8 Å². The van der Waals surface area contributed by atoms with Crippen molar-refractivity contribution in [1.29, 1.82) is 0 Å². The van der Waals surface area contributed by atoms with Crippen molar-refractivity contribution >= 4 is 0 Å². The monoisotopic (exact) mass is 221 g/mol. The van der Waals surface area contributed by atoms with Gasteiger partial charge >= 0.3 is 0 Å². The third-order valence-corrected chi connectivity index (χ3v) is 4.87. The van der Waals surface area contributed by atoms with E-state index < -0.39 is 0 Å². The second-order valence-electron chi connectivity index (χ2n) is 5.94. The van der Waals surface area contributed by atoms with Crippen LogP contribution in [0.2, 0.25) is 0 Å². The largest absolute Gasteiger partial charge is 0.328 e. The molecule has 2 fully saturated rings.